The van der Waals surface area contributed by atoms with Gasteiger partial charge in [-0.25, -0.2) is 4.79 Å². The van der Waals surface area contributed by atoms with E-state index in [4.69, 9.17) is 9.84 Å². The van der Waals surface area contributed by atoms with Crippen LogP contribution in [0.5, 0.6) is 5.75 Å². The smallest absolute Gasteiger partial charge is 0.341 e. The molecule has 1 heterocycles. The molecule has 0 unspecified atom stereocenters. The van der Waals surface area contributed by atoms with E-state index in [9.17, 15) is 4.79 Å². The number of benzene rings is 2. The number of nitrogens with zero attached hydrogens (tertiary/aromatic N) is 1. The molecule has 4 nitrogen and oxygen atoms in total. The average Bonchev–Trinajstić information content (AvgIpc) is 3.53. The number of carbonyl (C=O) groups is 1. The quantitative estimate of drug-likeness (QED) is 0.655. The predicted molar refractivity (Wildman–Crippen MR) is 114 cm³/mol. The van der Waals surface area contributed by atoms with Gasteiger partial charge < -0.3 is 9.84 Å². The summed E-state index contributed by atoms with van der Waals surface area (Å²) in [5.41, 5.74) is 2.79. The van der Waals surface area contributed by atoms with E-state index in [2.05, 4.69) is 35.2 Å². The van der Waals surface area contributed by atoms with Gasteiger partial charge in [-0.05, 0) is 79.8 Å². The van der Waals surface area contributed by atoms with Crippen LogP contribution in [0.4, 0.5) is 0 Å². The minimum absolute atomic E-state index is 0.292. The molecule has 2 fully saturated rings. The van der Waals surface area contributed by atoms with Crippen LogP contribution in [0.15, 0.2) is 54.6 Å². The number of ether oxygens (including phenoxy) is 1. The molecule has 2 aromatic carbocycles. The zero-order valence-electron chi connectivity index (χ0n) is 17.0. The monoisotopic (exact) mass is 393 g/mol. The van der Waals surface area contributed by atoms with E-state index < -0.39 is 5.97 Å². The predicted octanol–water partition coefficient (Wildman–Crippen LogP) is 4.95. The van der Waals surface area contributed by atoms with Gasteiger partial charge in [0.15, 0.2) is 6.61 Å². The second-order valence-electron chi connectivity index (χ2n) is 8.64. The van der Waals surface area contributed by atoms with E-state index in [0.717, 1.165) is 24.3 Å². The second kappa shape index (κ2) is 9.45. The first-order chi connectivity index (χ1) is 14.2. The topological polar surface area (TPSA) is 49.8 Å². The third kappa shape index (κ3) is 5.83. The Morgan fingerprint density at radius 2 is 1.72 bits per heavy atom. The molecule has 4 rings (SSSR count). The summed E-state index contributed by atoms with van der Waals surface area (Å²) in [6.45, 7) is 3.02. The number of hydrogen-bond acceptors (Lipinski definition) is 3. The van der Waals surface area contributed by atoms with Crippen molar-refractivity contribution in [3.8, 4) is 5.75 Å². The number of hydrogen-bond donors (Lipinski definition) is 1. The maximum absolute atomic E-state index is 10.6. The van der Waals surface area contributed by atoms with E-state index >= 15 is 0 Å². The van der Waals surface area contributed by atoms with Crippen molar-refractivity contribution in [1.82, 2.24) is 4.90 Å². The lowest BCUT2D eigenvalue weighted by molar-refractivity contribution is -0.139. The van der Waals surface area contributed by atoms with E-state index in [0.29, 0.717) is 5.75 Å². The lowest BCUT2D eigenvalue weighted by Crippen LogP contribution is -2.33. The molecule has 1 N–H and O–H groups in total. The summed E-state index contributed by atoms with van der Waals surface area (Å²) in [7, 11) is 0. The van der Waals surface area contributed by atoms with Gasteiger partial charge in [0.25, 0.3) is 0 Å². The number of likely N-dealkylation sites (tertiary alicyclic amines) is 1. The van der Waals surface area contributed by atoms with E-state index in [1.165, 1.54) is 56.3 Å². The van der Waals surface area contributed by atoms with Crippen LogP contribution in [0, 0.1) is 11.8 Å². The molecule has 1 aliphatic heterocycles. The number of carboxylic acids is 1. The van der Waals surface area contributed by atoms with Gasteiger partial charge >= 0.3 is 5.97 Å². The molecule has 1 saturated heterocycles. The molecule has 1 aliphatic carbocycles. The molecule has 2 aliphatic rings. The Bertz CT molecular complexity index is 781. The molecular weight excluding hydrogens is 362 g/mol. The first-order valence-electron chi connectivity index (χ1n) is 10.9. The maximum Gasteiger partial charge on any atom is 0.341 e. The highest BCUT2D eigenvalue weighted by atomic mass is 16.5. The van der Waals surface area contributed by atoms with Crippen LogP contribution >= 0.6 is 0 Å². The first kappa shape index (κ1) is 20.0. The van der Waals surface area contributed by atoms with Gasteiger partial charge in [-0.1, -0.05) is 48.9 Å². The molecule has 0 radical (unpaired) electrons. The zero-order valence-corrected chi connectivity index (χ0v) is 17.0. The van der Waals surface area contributed by atoms with E-state index in [1.807, 2.05) is 24.3 Å². The highest BCUT2D eigenvalue weighted by Crippen LogP contribution is 2.50. The van der Waals surface area contributed by atoms with E-state index in [1.54, 1.807) is 0 Å². The van der Waals surface area contributed by atoms with Crippen molar-refractivity contribution in [2.24, 2.45) is 11.8 Å². The summed E-state index contributed by atoms with van der Waals surface area (Å²) < 4.78 is 5.20. The van der Waals surface area contributed by atoms with Crippen LogP contribution < -0.4 is 4.74 Å². The highest BCUT2D eigenvalue weighted by molar-refractivity contribution is 5.68. The molecule has 1 saturated carbocycles. The van der Waals surface area contributed by atoms with Crippen LogP contribution in [-0.4, -0.2) is 35.7 Å². The molecule has 4 heteroatoms. The number of carboxylic acid groups (broad SMARTS) is 1. The minimum atomic E-state index is -0.950. The second-order valence-corrected chi connectivity index (χ2v) is 8.64. The summed E-state index contributed by atoms with van der Waals surface area (Å²) >= 11 is 0. The normalized spacial score (nSPS) is 22.3. The number of aliphatic carboxylic acids is 1. The van der Waals surface area contributed by atoms with Crippen LogP contribution in [0.25, 0.3) is 0 Å². The fourth-order valence-corrected chi connectivity index (χ4v) is 4.65. The summed E-state index contributed by atoms with van der Waals surface area (Å²) in [4.78, 5) is 13.1. The maximum atomic E-state index is 10.6. The Balaban J connectivity index is 1.14. The SMILES string of the molecule is O=C(O)COc1ccc(CN2CCC(CC[C@H]3C[C@@H]3c3ccccc3)CC2)cc1. The summed E-state index contributed by atoms with van der Waals surface area (Å²) in [6.07, 6.45) is 6.78. The lowest BCUT2D eigenvalue weighted by Gasteiger charge is -2.32. The number of rotatable bonds is 9. The molecular formula is C25H31NO3. The summed E-state index contributed by atoms with van der Waals surface area (Å²) in [6, 6.07) is 18.8. The van der Waals surface area contributed by atoms with Crippen LogP contribution in [-0.2, 0) is 11.3 Å². The Kier molecular flexibility index (Phi) is 6.50. The lowest BCUT2D eigenvalue weighted by atomic mass is 9.90. The van der Waals surface area contributed by atoms with Crippen molar-refractivity contribution < 1.29 is 14.6 Å². The van der Waals surface area contributed by atoms with Gasteiger partial charge in [-0.3, -0.25) is 4.90 Å². The molecule has 2 atom stereocenters. The molecule has 2 aromatic rings. The van der Waals surface area contributed by atoms with Crippen molar-refractivity contribution in [2.75, 3.05) is 19.7 Å². The molecule has 0 bridgehead atoms. The van der Waals surface area contributed by atoms with Gasteiger partial charge in [0.1, 0.15) is 5.75 Å². The molecule has 0 amide bonds. The van der Waals surface area contributed by atoms with Crippen molar-refractivity contribution in [3.05, 3.63) is 65.7 Å². The third-order valence-corrected chi connectivity index (χ3v) is 6.50. The fraction of sp³-hybridized carbons (Fsp3) is 0.480. The zero-order chi connectivity index (χ0) is 20.1. The third-order valence-electron chi connectivity index (χ3n) is 6.50. The minimum Gasteiger partial charge on any atom is -0.482 e. The van der Waals surface area contributed by atoms with Crippen LogP contribution in [0.1, 0.15) is 49.1 Å². The van der Waals surface area contributed by atoms with Crippen molar-refractivity contribution in [1.29, 1.82) is 0 Å². The largest absolute Gasteiger partial charge is 0.482 e. The Morgan fingerprint density at radius 3 is 2.41 bits per heavy atom. The highest BCUT2D eigenvalue weighted by Gasteiger charge is 2.37. The van der Waals surface area contributed by atoms with Gasteiger partial charge in [-0.2, -0.15) is 0 Å². The number of piperidine rings is 1. The van der Waals surface area contributed by atoms with Crippen LogP contribution in [0.3, 0.4) is 0 Å². The van der Waals surface area contributed by atoms with Crippen molar-refractivity contribution in [3.63, 3.8) is 0 Å². The molecule has 0 aromatic heterocycles. The summed E-state index contributed by atoms with van der Waals surface area (Å²) in [5, 5.41) is 8.67. The summed E-state index contributed by atoms with van der Waals surface area (Å²) in [5.74, 6) is 2.28. The van der Waals surface area contributed by atoms with Crippen LogP contribution in [0.2, 0.25) is 0 Å². The Morgan fingerprint density at radius 1 is 1.00 bits per heavy atom. The van der Waals surface area contributed by atoms with Gasteiger partial charge in [0, 0.05) is 6.54 Å². The van der Waals surface area contributed by atoms with Crippen molar-refractivity contribution >= 4 is 5.97 Å². The van der Waals surface area contributed by atoms with Gasteiger partial charge in [-0.15, -0.1) is 0 Å². The molecule has 0 spiro atoms. The Labute approximate surface area is 173 Å². The van der Waals surface area contributed by atoms with Gasteiger partial charge in [0.2, 0.25) is 0 Å². The molecule has 154 valence electrons. The first-order valence-corrected chi connectivity index (χ1v) is 10.9. The van der Waals surface area contributed by atoms with Gasteiger partial charge in [0.05, 0.1) is 0 Å². The van der Waals surface area contributed by atoms with Crippen molar-refractivity contribution in [2.45, 2.75) is 44.6 Å². The fourth-order valence-electron chi connectivity index (χ4n) is 4.65. The standard InChI is InChI=1S/C25H31NO3/c27-25(28)18-29-23-10-7-20(8-11-23)17-26-14-12-19(13-15-26)6-9-22-16-24(22)21-4-2-1-3-5-21/h1-5,7-8,10-11,19,22,24H,6,9,12-18H2,(H,27,28)/t22-,24+/m0/s1. The molecule has 29 heavy (non-hydrogen) atoms. The average molecular weight is 394 g/mol. The Hall–Kier alpha value is -2.33. The van der Waals surface area contributed by atoms with E-state index in [-0.39, 0.29) is 6.61 Å².